The van der Waals surface area contributed by atoms with E-state index in [9.17, 15) is 0 Å². The van der Waals surface area contributed by atoms with E-state index in [2.05, 4.69) is 179 Å². The second-order valence-corrected chi connectivity index (χ2v) is 12.5. The highest BCUT2D eigenvalue weighted by Crippen LogP contribution is 2.47. The van der Waals surface area contributed by atoms with Crippen molar-refractivity contribution < 1.29 is 0 Å². The van der Waals surface area contributed by atoms with Crippen LogP contribution in [0.25, 0.3) is 59.5 Å². The lowest BCUT2D eigenvalue weighted by molar-refractivity contribution is 1.19. The van der Waals surface area contributed by atoms with Crippen molar-refractivity contribution in [1.29, 1.82) is 0 Å². The molecule has 240 valence electrons. The minimum absolute atomic E-state index is 1.14. The number of hydrogen-bond acceptors (Lipinski definition) is 2. The molecule has 0 fully saturated rings. The first-order valence-corrected chi connectivity index (χ1v) is 18.1. The lowest BCUT2D eigenvalue weighted by atomic mass is 10.0. The molecule has 0 bridgehead atoms. The summed E-state index contributed by atoms with van der Waals surface area (Å²) >= 11 is 1.86. The molecular weight excluding hydrogens is 613 g/mol. The van der Waals surface area contributed by atoms with Gasteiger partial charge in [-0.1, -0.05) is 155 Å². The van der Waals surface area contributed by atoms with Crippen LogP contribution in [0.5, 0.6) is 0 Å². The van der Waals surface area contributed by atoms with Crippen molar-refractivity contribution >= 4 is 70.4 Å². The maximum Gasteiger partial charge on any atom is 0.103 e. The summed E-state index contributed by atoms with van der Waals surface area (Å²) < 4.78 is 3.72. The van der Waals surface area contributed by atoms with Crippen LogP contribution in [0, 0.1) is 0 Å². The Bertz CT molecular complexity index is 2480. The first kappa shape index (κ1) is 31.9. The lowest BCUT2D eigenvalue weighted by Crippen LogP contribution is -2.09. The Kier molecular flexibility index (Phi) is 9.27. The van der Waals surface area contributed by atoms with Gasteiger partial charge in [0.05, 0.1) is 21.4 Å². The fourth-order valence-electron chi connectivity index (χ4n) is 6.64. The highest BCUT2D eigenvalue weighted by molar-refractivity contribution is 7.24. The average Bonchev–Trinajstić information content (AvgIpc) is 3.74. The molecule has 0 spiro atoms. The number of aromatic nitrogens is 1. The minimum atomic E-state index is 1.14. The van der Waals surface area contributed by atoms with E-state index in [0.29, 0.717) is 0 Å². The van der Waals surface area contributed by atoms with Gasteiger partial charge >= 0.3 is 0 Å². The Morgan fingerprint density at radius 3 is 1.84 bits per heavy atom. The van der Waals surface area contributed by atoms with Gasteiger partial charge in [-0.15, -0.1) is 11.3 Å². The monoisotopic (exact) mass is 652 g/mol. The van der Waals surface area contributed by atoms with Crippen LogP contribution in [0.4, 0.5) is 16.4 Å². The maximum atomic E-state index is 2.43. The standard InChI is InChI=1S/C42H28N2S.2C2H6/c1-2-11-29(12-3-1)31-21-24-34(25-22-31)44(38-20-10-16-32-14-6-7-17-36(32)38)41-28-40-42(45-41)37-18-8-9-19-39(37)43(40)35-26-23-30-13-4-5-15-33(30)27-35;2*1-2/h1-28H;2*1-2H3. The predicted molar refractivity (Wildman–Crippen MR) is 216 cm³/mol. The zero-order valence-corrected chi connectivity index (χ0v) is 29.3. The van der Waals surface area contributed by atoms with Crippen LogP contribution in [0.3, 0.4) is 0 Å². The highest BCUT2D eigenvalue weighted by Gasteiger charge is 2.22. The Morgan fingerprint density at radius 1 is 0.449 bits per heavy atom. The summed E-state index contributed by atoms with van der Waals surface area (Å²) in [4.78, 5) is 2.43. The van der Waals surface area contributed by atoms with Crippen molar-refractivity contribution in [1.82, 2.24) is 4.57 Å². The van der Waals surface area contributed by atoms with Crippen molar-refractivity contribution in [3.05, 3.63) is 170 Å². The number of nitrogens with zero attached hydrogens (tertiary/aromatic N) is 2. The molecular formula is C46H40N2S. The molecule has 3 heteroatoms. The molecule has 0 aliphatic heterocycles. The molecule has 2 aromatic heterocycles. The van der Waals surface area contributed by atoms with E-state index in [0.717, 1.165) is 5.69 Å². The Morgan fingerprint density at radius 2 is 1.06 bits per heavy atom. The summed E-state index contributed by atoms with van der Waals surface area (Å²) in [6, 6.07) is 61.4. The number of rotatable bonds is 5. The van der Waals surface area contributed by atoms with Gasteiger partial charge in [-0.2, -0.15) is 0 Å². The number of benzene rings is 7. The Labute approximate surface area is 293 Å². The van der Waals surface area contributed by atoms with Crippen LogP contribution >= 0.6 is 11.3 Å². The van der Waals surface area contributed by atoms with Crippen LogP contribution in [-0.2, 0) is 0 Å². The van der Waals surface area contributed by atoms with Gasteiger partial charge in [0.25, 0.3) is 0 Å². The Balaban J connectivity index is 0.000000914. The second-order valence-electron chi connectivity index (χ2n) is 11.4. The molecule has 0 unspecified atom stereocenters. The molecule has 2 nitrogen and oxygen atoms in total. The third-order valence-electron chi connectivity index (χ3n) is 8.78. The molecule has 9 rings (SSSR count). The van der Waals surface area contributed by atoms with Gasteiger partial charge in [0.15, 0.2) is 0 Å². The van der Waals surface area contributed by atoms with Gasteiger partial charge < -0.3 is 9.47 Å². The molecule has 2 heterocycles. The topological polar surface area (TPSA) is 8.17 Å². The van der Waals surface area contributed by atoms with Gasteiger partial charge in [-0.3, -0.25) is 0 Å². The van der Waals surface area contributed by atoms with Crippen LogP contribution in [0.15, 0.2) is 170 Å². The molecule has 0 N–H and O–H groups in total. The minimum Gasteiger partial charge on any atom is -0.308 e. The van der Waals surface area contributed by atoms with Crippen LogP contribution in [0.1, 0.15) is 27.7 Å². The van der Waals surface area contributed by atoms with E-state index in [1.165, 1.54) is 70.2 Å². The zero-order chi connectivity index (χ0) is 33.7. The molecule has 0 atom stereocenters. The summed E-state index contributed by atoms with van der Waals surface area (Å²) in [5, 5.41) is 7.41. The van der Waals surface area contributed by atoms with Crippen molar-refractivity contribution in [2.75, 3.05) is 4.90 Å². The molecule has 0 radical (unpaired) electrons. The van der Waals surface area contributed by atoms with Gasteiger partial charge in [0, 0.05) is 22.1 Å². The average molecular weight is 653 g/mol. The quantitative estimate of drug-likeness (QED) is 0.180. The summed E-state index contributed by atoms with van der Waals surface area (Å²) in [6.45, 7) is 8.00. The van der Waals surface area contributed by atoms with Gasteiger partial charge in [0.2, 0.25) is 0 Å². The zero-order valence-electron chi connectivity index (χ0n) is 28.5. The second kappa shape index (κ2) is 14.2. The molecule has 9 aromatic rings. The predicted octanol–water partition coefficient (Wildman–Crippen LogP) is 14.3. The van der Waals surface area contributed by atoms with E-state index in [-0.39, 0.29) is 0 Å². The fraction of sp³-hybridized carbons (Fsp3) is 0.0870. The third-order valence-corrected chi connectivity index (χ3v) is 9.92. The number of fused-ring (bicyclic) bond motifs is 5. The number of para-hydroxylation sites is 1. The van der Waals surface area contributed by atoms with Crippen molar-refractivity contribution in [3.8, 4) is 16.8 Å². The largest absolute Gasteiger partial charge is 0.308 e. The first-order chi connectivity index (χ1) is 24.3. The van der Waals surface area contributed by atoms with Crippen LogP contribution in [-0.4, -0.2) is 4.57 Å². The van der Waals surface area contributed by atoms with Gasteiger partial charge in [0.1, 0.15) is 5.00 Å². The van der Waals surface area contributed by atoms with E-state index in [4.69, 9.17) is 0 Å². The van der Waals surface area contributed by atoms with Crippen molar-refractivity contribution in [3.63, 3.8) is 0 Å². The van der Waals surface area contributed by atoms with Gasteiger partial charge in [-0.25, -0.2) is 0 Å². The highest BCUT2D eigenvalue weighted by atomic mass is 32.1. The summed E-state index contributed by atoms with van der Waals surface area (Å²) in [6.07, 6.45) is 0. The molecule has 0 amide bonds. The molecule has 49 heavy (non-hydrogen) atoms. The van der Waals surface area contributed by atoms with Crippen LogP contribution < -0.4 is 4.90 Å². The first-order valence-electron chi connectivity index (χ1n) is 17.3. The summed E-state index contributed by atoms with van der Waals surface area (Å²) in [7, 11) is 0. The normalized spacial score (nSPS) is 10.9. The van der Waals surface area contributed by atoms with E-state index < -0.39 is 0 Å². The van der Waals surface area contributed by atoms with E-state index in [1.807, 2.05) is 39.0 Å². The van der Waals surface area contributed by atoms with Gasteiger partial charge in [-0.05, 0) is 69.8 Å². The number of thiophene rings is 1. The maximum absolute atomic E-state index is 2.43. The van der Waals surface area contributed by atoms with Crippen molar-refractivity contribution in [2.45, 2.75) is 27.7 Å². The smallest absolute Gasteiger partial charge is 0.103 e. The number of anilines is 3. The summed E-state index contributed by atoms with van der Waals surface area (Å²) in [5.41, 5.74) is 8.36. The van der Waals surface area contributed by atoms with E-state index >= 15 is 0 Å². The molecule has 0 aliphatic carbocycles. The Hall–Kier alpha value is -5.64. The molecule has 0 aliphatic rings. The SMILES string of the molecule is CC.CC.c1ccc(-c2ccc(N(c3cc4c(s3)c3ccccc3n4-c3ccc4ccccc4c3)c3cccc4ccccc34)cc2)cc1. The van der Waals surface area contributed by atoms with E-state index in [1.54, 1.807) is 0 Å². The fourth-order valence-corrected chi connectivity index (χ4v) is 7.86. The lowest BCUT2D eigenvalue weighted by Gasteiger charge is -2.25. The third kappa shape index (κ3) is 5.88. The van der Waals surface area contributed by atoms with Crippen molar-refractivity contribution in [2.24, 2.45) is 0 Å². The molecule has 0 saturated heterocycles. The number of hydrogen-bond donors (Lipinski definition) is 0. The molecule has 0 saturated carbocycles. The summed E-state index contributed by atoms with van der Waals surface area (Å²) in [5.74, 6) is 0. The molecule has 7 aromatic carbocycles. The van der Waals surface area contributed by atoms with Crippen LogP contribution in [0.2, 0.25) is 0 Å².